The minimum absolute atomic E-state index is 0.314. The molecule has 2 aliphatic rings. The van der Waals surface area contributed by atoms with Crippen LogP contribution in [0.25, 0.3) is 0 Å². The zero-order valence-corrected chi connectivity index (χ0v) is 14.6. The topological polar surface area (TPSA) is 46.1 Å². The summed E-state index contributed by atoms with van der Waals surface area (Å²) < 4.78 is 0. The number of aromatic nitrogens is 2. The molecule has 4 rings (SSSR count). The monoisotopic (exact) mass is 335 g/mol. The van der Waals surface area contributed by atoms with Crippen molar-refractivity contribution in [3.8, 4) is 0 Å². The minimum Gasteiger partial charge on any atom is -0.337 e. The Morgan fingerprint density at radius 2 is 1.68 bits per heavy atom. The average Bonchev–Trinajstić information content (AvgIpc) is 2.92. The van der Waals surface area contributed by atoms with Gasteiger partial charge in [-0.1, -0.05) is 30.3 Å². The van der Waals surface area contributed by atoms with Crippen molar-refractivity contribution < 1.29 is 4.79 Å². The van der Waals surface area contributed by atoms with Crippen LogP contribution < -0.4 is 0 Å². The molecule has 0 aliphatic carbocycles. The van der Waals surface area contributed by atoms with Gasteiger partial charge in [0.15, 0.2) is 0 Å². The third kappa shape index (κ3) is 3.73. The van der Waals surface area contributed by atoms with Crippen LogP contribution in [0, 0.1) is 5.92 Å². The summed E-state index contributed by atoms with van der Waals surface area (Å²) in [6.07, 6.45) is 12.3. The maximum atomic E-state index is 12.8. The standard InChI is InChI=1S/C21H25N3O/c25-21(9-6-17-13-22-15-23-14-17)24-19-7-8-20(24)12-18(11-19)10-16-4-2-1-3-5-16/h1-5,13-15,18-20H,6-12H2. The highest BCUT2D eigenvalue weighted by atomic mass is 16.2. The first-order valence-electron chi connectivity index (χ1n) is 9.38. The van der Waals surface area contributed by atoms with Crippen molar-refractivity contribution in [2.45, 2.75) is 57.0 Å². The highest BCUT2D eigenvalue weighted by molar-refractivity contribution is 5.77. The Balaban J connectivity index is 1.34. The van der Waals surface area contributed by atoms with Gasteiger partial charge in [0.25, 0.3) is 0 Å². The van der Waals surface area contributed by atoms with E-state index >= 15 is 0 Å². The Morgan fingerprint density at radius 3 is 2.36 bits per heavy atom. The molecule has 3 heterocycles. The molecule has 4 nitrogen and oxygen atoms in total. The van der Waals surface area contributed by atoms with Gasteiger partial charge in [-0.25, -0.2) is 9.97 Å². The predicted octanol–water partition coefficient (Wildman–Crippen LogP) is 3.42. The van der Waals surface area contributed by atoms with E-state index in [9.17, 15) is 4.79 Å². The first kappa shape index (κ1) is 16.2. The number of hydrogen-bond acceptors (Lipinski definition) is 3. The largest absolute Gasteiger partial charge is 0.337 e. The number of nitrogens with zero attached hydrogens (tertiary/aromatic N) is 3. The van der Waals surface area contributed by atoms with Crippen LogP contribution >= 0.6 is 0 Å². The van der Waals surface area contributed by atoms with Crippen molar-refractivity contribution in [2.75, 3.05) is 0 Å². The van der Waals surface area contributed by atoms with E-state index < -0.39 is 0 Å². The van der Waals surface area contributed by atoms with Crippen LogP contribution in [-0.4, -0.2) is 32.9 Å². The molecular formula is C21H25N3O. The molecule has 130 valence electrons. The number of piperidine rings is 1. The normalized spacial score (nSPS) is 25.1. The molecule has 2 bridgehead atoms. The first-order valence-corrected chi connectivity index (χ1v) is 9.38. The van der Waals surface area contributed by atoms with Crippen molar-refractivity contribution >= 4 is 5.91 Å². The summed E-state index contributed by atoms with van der Waals surface area (Å²) in [7, 11) is 0. The second-order valence-corrected chi connectivity index (χ2v) is 7.46. The zero-order valence-electron chi connectivity index (χ0n) is 14.6. The van der Waals surface area contributed by atoms with E-state index in [-0.39, 0.29) is 0 Å². The summed E-state index contributed by atoms with van der Waals surface area (Å²) >= 11 is 0. The van der Waals surface area contributed by atoms with Crippen LogP contribution in [0.5, 0.6) is 0 Å². The second kappa shape index (κ2) is 7.34. The molecule has 0 saturated carbocycles. The molecule has 0 N–H and O–H groups in total. The molecule has 0 spiro atoms. The Labute approximate surface area is 149 Å². The number of aryl methyl sites for hydroxylation is 1. The van der Waals surface area contributed by atoms with Gasteiger partial charge in [-0.3, -0.25) is 4.79 Å². The average molecular weight is 335 g/mol. The number of fused-ring (bicyclic) bond motifs is 2. The first-order chi connectivity index (χ1) is 12.3. The smallest absolute Gasteiger partial charge is 0.223 e. The van der Waals surface area contributed by atoms with Gasteiger partial charge in [-0.05, 0) is 55.6 Å². The van der Waals surface area contributed by atoms with Gasteiger partial charge in [-0.2, -0.15) is 0 Å². The van der Waals surface area contributed by atoms with Crippen LogP contribution in [0.2, 0.25) is 0 Å². The summed E-state index contributed by atoms with van der Waals surface area (Å²) in [5.41, 5.74) is 2.47. The summed E-state index contributed by atoms with van der Waals surface area (Å²) in [6.45, 7) is 0. The van der Waals surface area contributed by atoms with Crippen LogP contribution in [0.3, 0.4) is 0 Å². The molecule has 1 amide bonds. The molecule has 1 aromatic carbocycles. The predicted molar refractivity (Wildman–Crippen MR) is 96.9 cm³/mol. The lowest BCUT2D eigenvalue weighted by molar-refractivity contribution is -0.136. The second-order valence-electron chi connectivity index (χ2n) is 7.46. The van der Waals surface area contributed by atoms with Crippen molar-refractivity contribution in [1.82, 2.24) is 14.9 Å². The SMILES string of the molecule is O=C(CCc1cncnc1)N1C2CCC1CC(Cc1ccccc1)C2. The van der Waals surface area contributed by atoms with Crippen LogP contribution in [0.1, 0.15) is 43.2 Å². The molecule has 2 aromatic rings. The van der Waals surface area contributed by atoms with E-state index in [0.717, 1.165) is 31.2 Å². The van der Waals surface area contributed by atoms with E-state index in [2.05, 4.69) is 45.2 Å². The van der Waals surface area contributed by atoms with E-state index in [4.69, 9.17) is 0 Å². The lowest BCUT2D eigenvalue weighted by Gasteiger charge is -2.39. The third-order valence-corrected chi connectivity index (χ3v) is 5.73. The summed E-state index contributed by atoms with van der Waals surface area (Å²) in [5.74, 6) is 1.03. The molecule has 25 heavy (non-hydrogen) atoms. The maximum absolute atomic E-state index is 12.8. The van der Waals surface area contributed by atoms with Crippen molar-refractivity contribution in [3.63, 3.8) is 0 Å². The number of amides is 1. The zero-order chi connectivity index (χ0) is 17.1. The Hall–Kier alpha value is -2.23. The van der Waals surface area contributed by atoms with Crippen molar-refractivity contribution in [1.29, 1.82) is 0 Å². The Kier molecular flexibility index (Phi) is 4.77. The lowest BCUT2D eigenvalue weighted by Crippen LogP contribution is -2.47. The summed E-state index contributed by atoms with van der Waals surface area (Å²) in [4.78, 5) is 23.1. The van der Waals surface area contributed by atoms with Gasteiger partial charge < -0.3 is 4.90 Å². The molecule has 2 saturated heterocycles. The molecule has 2 atom stereocenters. The highest BCUT2D eigenvalue weighted by Gasteiger charge is 2.42. The van der Waals surface area contributed by atoms with Gasteiger partial charge in [-0.15, -0.1) is 0 Å². The molecule has 2 fully saturated rings. The number of benzene rings is 1. The fraction of sp³-hybridized carbons (Fsp3) is 0.476. The van der Waals surface area contributed by atoms with Crippen LogP contribution in [0.15, 0.2) is 49.1 Å². The number of rotatable bonds is 5. The van der Waals surface area contributed by atoms with E-state index in [1.807, 2.05) is 0 Å². The summed E-state index contributed by atoms with van der Waals surface area (Å²) in [5, 5.41) is 0. The van der Waals surface area contributed by atoms with E-state index in [0.29, 0.717) is 30.3 Å². The fourth-order valence-corrected chi connectivity index (χ4v) is 4.65. The molecule has 2 unspecified atom stereocenters. The number of carbonyl (C=O) groups excluding carboxylic acids is 1. The van der Waals surface area contributed by atoms with E-state index in [1.165, 1.54) is 24.7 Å². The minimum atomic E-state index is 0.314. The van der Waals surface area contributed by atoms with Gasteiger partial charge in [0.2, 0.25) is 5.91 Å². The highest BCUT2D eigenvalue weighted by Crippen LogP contribution is 2.40. The van der Waals surface area contributed by atoms with Crippen molar-refractivity contribution in [2.24, 2.45) is 5.92 Å². The molecule has 4 heteroatoms. The maximum Gasteiger partial charge on any atom is 0.223 e. The van der Waals surface area contributed by atoms with Gasteiger partial charge in [0, 0.05) is 30.9 Å². The Morgan fingerprint density at radius 1 is 1.00 bits per heavy atom. The molecule has 2 aliphatic heterocycles. The third-order valence-electron chi connectivity index (χ3n) is 5.73. The van der Waals surface area contributed by atoms with E-state index in [1.54, 1.807) is 12.4 Å². The molecular weight excluding hydrogens is 310 g/mol. The van der Waals surface area contributed by atoms with Crippen molar-refractivity contribution in [3.05, 3.63) is 60.2 Å². The molecule has 1 aromatic heterocycles. The van der Waals surface area contributed by atoms with Gasteiger partial charge >= 0.3 is 0 Å². The quantitative estimate of drug-likeness (QED) is 0.841. The molecule has 0 radical (unpaired) electrons. The number of hydrogen-bond donors (Lipinski definition) is 0. The number of carbonyl (C=O) groups is 1. The van der Waals surface area contributed by atoms with Crippen LogP contribution in [-0.2, 0) is 17.6 Å². The summed E-state index contributed by atoms with van der Waals surface area (Å²) in [6, 6.07) is 11.7. The van der Waals surface area contributed by atoms with Gasteiger partial charge in [0.05, 0.1) is 0 Å². The fourth-order valence-electron chi connectivity index (χ4n) is 4.65. The lowest BCUT2D eigenvalue weighted by atomic mass is 9.85. The Bertz CT molecular complexity index is 690. The van der Waals surface area contributed by atoms with Gasteiger partial charge in [0.1, 0.15) is 6.33 Å². The van der Waals surface area contributed by atoms with Crippen LogP contribution in [0.4, 0.5) is 0 Å².